The molecule has 0 atom stereocenters. The molecule has 0 unspecified atom stereocenters. The number of amides is 1. The van der Waals surface area contributed by atoms with E-state index in [1.165, 1.54) is 0 Å². The second-order valence-corrected chi connectivity index (χ2v) is 7.25. The Kier molecular flexibility index (Phi) is 4.57. The average molecular weight is 284 g/mol. The van der Waals surface area contributed by atoms with E-state index in [0.717, 1.165) is 0 Å². The van der Waals surface area contributed by atoms with Gasteiger partial charge in [-0.25, -0.2) is 8.42 Å². The molecule has 0 aliphatic heterocycles. The van der Waals surface area contributed by atoms with E-state index in [0.29, 0.717) is 5.69 Å². The summed E-state index contributed by atoms with van der Waals surface area (Å²) in [7, 11) is -3.30. The van der Waals surface area contributed by atoms with Gasteiger partial charge in [-0.15, -0.1) is 0 Å². The summed E-state index contributed by atoms with van der Waals surface area (Å²) < 4.78 is 23.9. The molecule has 19 heavy (non-hydrogen) atoms. The number of rotatable bonds is 6. The molecule has 0 fully saturated rings. The van der Waals surface area contributed by atoms with Crippen LogP contribution in [0, 0.1) is 5.41 Å². The molecule has 6 heteroatoms. The molecule has 5 nitrogen and oxygen atoms in total. The van der Waals surface area contributed by atoms with Crippen LogP contribution in [0.5, 0.6) is 0 Å². The van der Waals surface area contributed by atoms with Crippen molar-refractivity contribution < 1.29 is 13.2 Å². The van der Waals surface area contributed by atoms with E-state index < -0.39 is 21.2 Å². The highest BCUT2D eigenvalue weighted by molar-refractivity contribution is 7.91. The minimum atomic E-state index is -3.30. The summed E-state index contributed by atoms with van der Waals surface area (Å²) >= 11 is 0. The van der Waals surface area contributed by atoms with Gasteiger partial charge < -0.3 is 11.1 Å². The van der Waals surface area contributed by atoms with Crippen LogP contribution in [0.3, 0.4) is 0 Å². The second-order valence-electron chi connectivity index (χ2n) is 5.00. The fraction of sp³-hybridized carbons (Fsp3) is 0.462. The Labute approximate surface area is 114 Å². The maximum Gasteiger partial charge on any atom is 0.224 e. The molecule has 0 radical (unpaired) electrons. The van der Waals surface area contributed by atoms with Crippen LogP contribution in [0.1, 0.15) is 20.8 Å². The van der Waals surface area contributed by atoms with Crippen molar-refractivity contribution in [2.45, 2.75) is 25.7 Å². The van der Waals surface area contributed by atoms with Crippen molar-refractivity contribution >= 4 is 21.4 Å². The summed E-state index contributed by atoms with van der Waals surface area (Å²) in [5.74, 6) is -0.402. The summed E-state index contributed by atoms with van der Waals surface area (Å²) in [6, 6.07) is 6.65. The number of hydrogen-bond acceptors (Lipinski definition) is 4. The quantitative estimate of drug-likeness (QED) is 0.826. The van der Waals surface area contributed by atoms with Gasteiger partial charge in [-0.2, -0.15) is 0 Å². The fourth-order valence-electron chi connectivity index (χ4n) is 1.44. The Morgan fingerprint density at radius 3 is 2.42 bits per heavy atom. The predicted molar refractivity (Wildman–Crippen MR) is 75.6 cm³/mol. The van der Waals surface area contributed by atoms with Crippen LogP contribution in [-0.2, 0) is 14.6 Å². The smallest absolute Gasteiger partial charge is 0.224 e. The molecular formula is C13H20N2O3S. The molecule has 0 bridgehead atoms. The zero-order chi connectivity index (χ0) is 14.7. The van der Waals surface area contributed by atoms with Crippen LogP contribution in [0.15, 0.2) is 29.2 Å². The van der Waals surface area contributed by atoms with Crippen molar-refractivity contribution in [2.75, 3.05) is 17.6 Å². The Morgan fingerprint density at radius 1 is 1.32 bits per heavy atom. The molecular weight excluding hydrogens is 264 g/mol. The maximum absolute atomic E-state index is 11.9. The predicted octanol–water partition coefficient (Wildman–Crippen LogP) is 1.40. The lowest BCUT2D eigenvalue weighted by Gasteiger charge is -2.22. The fourth-order valence-corrected chi connectivity index (χ4v) is 2.51. The summed E-state index contributed by atoms with van der Waals surface area (Å²) in [4.78, 5) is 11.5. The number of primary amides is 1. The molecule has 0 aromatic heterocycles. The number of sulfone groups is 1. The molecule has 1 rings (SSSR count). The Hall–Kier alpha value is -1.56. The number of anilines is 1. The third-order valence-electron chi connectivity index (χ3n) is 2.99. The first-order valence-corrected chi connectivity index (χ1v) is 7.71. The molecule has 0 aliphatic rings. The zero-order valence-electron chi connectivity index (χ0n) is 11.4. The van der Waals surface area contributed by atoms with Gasteiger partial charge in [-0.05, 0) is 26.0 Å². The number of para-hydroxylation sites is 1. The van der Waals surface area contributed by atoms with Gasteiger partial charge in [0.2, 0.25) is 5.91 Å². The molecule has 1 aromatic carbocycles. The van der Waals surface area contributed by atoms with Crippen LogP contribution >= 0.6 is 0 Å². The number of carbonyl (C=O) groups is 1. The van der Waals surface area contributed by atoms with Gasteiger partial charge in [0, 0.05) is 6.54 Å². The number of hydrogen-bond donors (Lipinski definition) is 2. The highest BCUT2D eigenvalue weighted by Crippen LogP contribution is 2.24. The van der Waals surface area contributed by atoms with Crippen molar-refractivity contribution in [1.29, 1.82) is 0 Å². The molecule has 106 valence electrons. The van der Waals surface area contributed by atoms with Crippen LogP contribution in [0.4, 0.5) is 5.69 Å². The Morgan fingerprint density at radius 2 is 1.89 bits per heavy atom. The summed E-state index contributed by atoms with van der Waals surface area (Å²) in [5, 5.41) is 3.00. The molecule has 0 saturated heterocycles. The lowest BCUT2D eigenvalue weighted by molar-refractivity contribution is -0.125. The van der Waals surface area contributed by atoms with Crippen molar-refractivity contribution in [3.63, 3.8) is 0 Å². The van der Waals surface area contributed by atoms with Gasteiger partial charge >= 0.3 is 0 Å². The summed E-state index contributed by atoms with van der Waals surface area (Å²) in [6.07, 6.45) is 0. The highest BCUT2D eigenvalue weighted by atomic mass is 32.2. The topological polar surface area (TPSA) is 89.3 Å². The lowest BCUT2D eigenvalue weighted by Crippen LogP contribution is -2.37. The zero-order valence-corrected chi connectivity index (χ0v) is 12.3. The normalized spacial score (nSPS) is 12.2. The standard InChI is InChI=1S/C13H20N2O3S/c1-4-19(17,18)11-8-6-5-7-10(11)15-9-13(2,3)12(14)16/h5-8,15H,4,9H2,1-3H3,(H2,14,16). The monoisotopic (exact) mass is 284 g/mol. The number of carbonyl (C=O) groups excluding carboxylic acids is 1. The first-order valence-electron chi connectivity index (χ1n) is 6.06. The van der Waals surface area contributed by atoms with Gasteiger partial charge in [0.15, 0.2) is 9.84 Å². The van der Waals surface area contributed by atoms with Gasteiger partial charge in [0.25, 0.3) is 0 Å². The molecule has 1 amide bonds. The third-order valence-corrected chi connectivity index (χ3v) is 4.78. The van der Waals surface area contributed by atoms with E-state index >= 15 is 0 Å². The Bertz CT molecular complexity index is 565. The first-order chi connectivity index (χ1) is 8.70. The van der Waals surface area contributed by atoms with Crippen molar-refractivity contribution in [3.8, 4) is 0 Å². The van der Waals surface area contributed by atoms with Gasteiger partial charge in [0.05, 0.1) is 21.8 Å². The van der Waals surface area contributed by atoms with E-state index in [2.05, 4.69) is 5.32 Å². The molecule has 0 spiro atoms. The van der Waals surface area contributed by atoms with Gasteiger partial charge in [-0.1, -0.05) is 19.1 Å². The van der Waals surface area contributed by atoms with Crippen LogP contribution in [0.25, 0.3) is 0 Å². The minimum Gasteiger partial charge on any atom is -0.383 e. The van der Waals surface area contributed by atoms with Crippen LogP contribution in [-0.4, -0.2) is 26.6 Å². The van der Waals surface area contributed by atoms with Gasteiger partial charge in [0.1, 0.15) is 0 Å². The molecule has 1 aromatic rings. The average Bonchev–Trinajstić information content (AvgIpc) is 2.36. The first kappa shape index (κ1) is 15.5. The molecule has 3 N–H and O–H groups in total. The maximum atomic E-state index is 11.9. The van der Waals surface area contributed by atoms with E-state index in [1.54, 1.807) is 45.0 Å². The van der Waals surface area contributed by atoms with Gasteiger partial charge in [-0.3, -0.25) is 4.79 Å². The van der Waals surface area contributed by atoms with Crippen LogP contribution < -0.4 is 11.1 Å². The molecule has 0 aliphatic carbocycles. The van der Waals surface area contributed by atoms with Crippen molar-refractivity contribution in [1.82, 2.24) is 0 Å². The Balaban J connectivity index is 3.01. The summed E-state index contributed by atoms with van der Waals surface area (Å²) in [5.41, 5.74) is 5.04. The van der Waals surface area contributed by atoms with E-state index in [4.69, 9.17) is 5.73 Å². The lowest BCUT2D eigenvalue weighted by atomic mass is 9.93. The third kappa shape index (κ3) is 3.70. The molecule has 0 heterocycles. The van der Waals surface area contributed by atoms with E-state index in [9.17, 15) is 13.2 Å². The highest BCUT2D eigenvalue weighted by Gasteiger charge is 2.25. The largest absolute Gasteiger partial charge is 0.383 e. The second kappa shape index (κ2) is 5.61. The molecule has 0 saturated carbocycles. The number of benzene rings is 1. The SMILES string of the molecule is CCS(=O)(=O)c1ccccc1NCC(C)(C)C(N)=O. The summed E-state index contributed by atoms with van der Waals surface area (Å²) in [6.45, 7) is 5.29. The van der Waals surface area contributed by atoms with E-state index in [-0.39, 0.29) is 17.2 Å². The van der Waals surface area contributed by atoms with Crippen molar-refractivity contribution in [2.24, 2.45) is 11.1 Å². The number of nitrogens with one attached hydrogen (secondary N) is 1. The van der Waals surface area contributed by atoms with Crippen LogP contribution in [0.2, 0.25) is 0 Å². The van der Waals surface area contributed by atoms with E-state index in [1.807, 2.05) is 0 Å². The number of nitrogens with two attached hydrogens (primary N) is 1. The van der Waals surface area contributed by atoms with Crippen molar-refractivity contribution in [3.05, 3.63) is 24.3 Å². The minimum absolute atomic E-state index is 0.0326.